The van der Waals surface area contributed by atoms with Crippen LogP contribution in [0.3, 0.4) is 0 Å². The van der Waals surface area contributed by atoms with Crippen LogP contribution in [-0.4, -0.2) is 32.8 Å². The Balaban J connectivity index is -0.000000129. The summed E-state index contributed by atoms with van der Waals surface area (Å²) in [4.78, 5) is 0. The molecule has 0 spiro atoms. The van der Waals surface area contributed by atoms with Gasteiger partial charge in [0.1, 0.15) is 0 Å². The minimum absolute atomic E-state index is 0. The van der Waals surface area contributed by atoms with Crippen LogP contribution >= 0.6 is 0 Å². The first-order valence-corrected chi connectivity index (χ1v) is 20.1. The molecule has 0 unspecified atom stereocenters. The van der Waals surface area contributed by atoms with Gasteiger partial charge in [-0.3, -0.25) is 4.55 Å². The van der Waals surface area contributed by atoms with Crippen molar-refractivity contribution in [1.82, 2.24) is 0 Å². The van der Waals surface area contributed by atoms with E-state index in [9.17, 15) is 8.42 Å². The van der Waals surface area contributed by atoms with E-state index in [0.29, 0.717) is 6.42 Å². The smallest absolute Gasteiger partial charge is 1.00 e. The summed E-state index contributed by atoms with van der Waals surface area (Å²) in [7, 11) is -4.23. The number of hydrogen-bond acceptors (Lipinski definition) is 4. The molecule has 2 rings (SSSR count). The summed E-state index contributed by atoms with van der Waals surface area (Å²) in [6.07, 6.45) is 27.1. The van der Waals surface area contributed by atoms with Crippen molar-refractivity contribution >= 4 is 10.4 Å². The van der Waals surface area contributed by atoms with Crippen molar-refractivity contribution in [3.8, 4) is 11.1 Å². The Hall–Kier alpha value is 1.27. The van der Waals surface area contributed by atoms with Crippen LogP contribution in [0.2, 0.25) is 0 Å². The van der Waals surface area contributed by atoms with Crippen molar-refractivity contribution in [2.45, 2.75) is 163 Å². The summed E-state index contributed by atoms with van der Waals surface area (Å²) in [6, 6.07) is 19.7. The predicted octanol–water partition coefficient (Wildman–Crippen LogP) is 3.94. The van der Waals surface area contributed by atoms with Gasteiger partial charge in [0.25, 0.3) is 0 Å². The standard InChI is InChI=1S/C24H34.C12H26O4S.C4H10O.3Na.3H/c1-2-3-4-5-6-7-8-9-10-12-17-23-20-15-16-21-24(23)22-18-13-11-14-19-22;1-2-3-4-5-6-7-8-9-10-11-12-16-17(13,14)15;1-3-5-4-2;;;;;;/h11,13-16,18-21H,2-10,12,17H2,1H3;2-12H2,1H3,(H,13,14,15);3-4H2,1-2H3;;;;;;/q;;;3*+1;3*-1. The summed E-state index contributed by atoms with van der Waals surface area (Å²) < 4.78 is 37.8. The molecule has 0 atom stereocenters. The molecule has 0 saturated heterocycles. The third-order valence-corrected chi connectivity index (χ3v) is 8.50. The first-order chi connectivity index (χ1) is 22.4. The zero-order chi connectivity index (χ0) is 34.0. The second-order valence-corrected chi connectivity index (χ2v) is 13.3. The Labute approximate surface area is 374 Å². The van der Waals surface area contributed by atoms with E-state index in [-0.39, 0.29) is 99.6 Å². The van der Waals surface area contributed by atoms with Gasteiger partial charge in [0.2, 0.25) is 0 Å². The average Bonchev–Trinajstić information content (AvgIpc) is 3.05. The second kappa shape index (κ2) is 43.7. The largest absolute Gasteiger partial charge is 1.00 e. The van der Waals surface area contributed by atoms with E-state index in [4.69, 9.17) is 9.29 Å². The molecule has 0 saturated carbocycles. The Morgan fingerprint density at radius 2 is 0.918 bits per heavy atom. The first kappa shape index (κ1) is 57.0. The molecule has 0 bridgehead atoms. The first-order valence-electron chi connectivity index (χ1n) is 18.7. The van der Waals surface area contributed by atoms with Crippen molar-refractivity contribution in [2.75, 3.05) is 19.8 Å². The third-order valence-electron chi connectivity index (χ3n) is 8.04. The van der Waals surface area contributed by atoms with Gasteiger partial charge in [-0.2, -0.15) is 8.42 Å². The molecule has 0 aromatic heterocycles. The molecule has 9 heteroatoms. The summed E-state index contributed by atoms with van der Waals surface area (Å²) >= 11 is 0. The molecule has 2 aromatic carbocycles. The number of rotatable bonds is 26. The van der Waals surface area contributed by atoms with E-state index in [0.717, 1.165) is 26.1 Å². The number of unbranched alkanes of at least 4 members (excludes halogenated alkanes) is 18. The molecule has 0 aliphatic heterocycles. The van der Waals surface area contributed by atoms with Crippen LogP contribution in [0.5, 0.6) is 0 Å². The van der Waals surface area contributed by atoms with Crippen LogP contribution in [0.4, 0.5) is 0 Å². The van der Waals surface area contributed by atoms with E-state index in [2.05, 4.69) is 72.6 Å². The van der Waals surface area contributed by atoms with Crippen molar-refractivity contribution in [2.24, 2.45) is 0 Å². The Kier molecular flexibility index (Phi) is 50.8. The Morgan fingerprint density at radius 3 is 1.33 bits per heavy atom. The predicted molar refractivity (Wildman–Crippen MR) is 202 cm³/mol. The van der Waals surface area contributed by atoms with E-state index in [1.165, 1.54) is 132 Å². The maximum Gasteiger partial charge on any atom is 1.00 e. The fourth-order valence-electron chi connectivity index (χ4n) is 5.40. The zero-order valence-corrected chi connectivity index (χ0v) is 40.0. The van der Waals surface area contributed by atoms with Crippen LogP contribution in [0.1, 0.15) is 166 Å². The quantitative estimate of drug-likeness (QED) is 0.0902. The van der Waals surface area contributed by atoms with Crippen molar-refractivity contribution < 1.29 is 115 Å². The van der Waals surface area contributed by atoms with Crippen LogP contribution in [-0.2, 0) is 25.7 Å². The van der Waals surface area contributed by atoms with Gasteiger partial charge >= 0.3 is 99.1 Å². The van der Waals surface area contributed by atoms with Crippen LogP contribution in [0, 0.1) is 0 Å². The molecule has 0 heterocycles. The Morgan fingerprint density at radius 1 is 0.531 bits per heavy atom. The van der Waals surface area contributed by atoms with Gasteiger partial charge in [0.15, 0.2) is 0 Å². The molecule has 5 nitrogen and oxygen atoms in total. The van der Waals surface area contributed by atoms with Crippen LogP contribution < -0.4 is 88.7 Å². The van der Waals surface area contributed by atoms with Gasteiger partial charge in [-0.15, -0.1) is 0 Å². The molecule has 0 amide bonds. The number of hydrogen-bond donors (Lipinski definition) is 1. The molecular formula is C40H73Na3O5S. The van der Waals surface area contributed by atoms with Gasteiger partial charge in [-0.25, -0.2) is 4.18 Å². The number of benzene rings is 2. The summed E-state index contributed by atoms with van der Waals surface area (Å²) in [5, 5.41) is 0. The second-order valence-electron chi connectivity index (χ2n) is 12.2. The van der Waals surface area contributed by atoms with Crippen LogP contribution in [0.15, 0.2) is 54.6 Å². The monoisotopic (exact) mass is 734 g/mol. The number of aryl methyl sites for hydroxylation is 1. The van der Waals surface area contributed by atoms with Crippen LogP contribution in [0.25, 0.3) is 11.1 Å². The average molecular weight is 735 g/mol. The normalized spacial score (nSPS) is 10.3. The maximum atomic E-state index is 10.2. The molecule has 0 radical (unpaired) electrons. The van der Waals surface area contributed by atoms with Crippen molar-refractivity contribution in [3.63, 3.8) is 0 Å². The fourth-order valence-corrected chi connectivity index (χ4v) is 5.73. The van der Waals surface area contributed by atoms with Crippen molar-refractivity contribution in [1.29, 1.82) is 0 Å². The van der Waals surface area contributed by atoms with Gasteiger partial charge in [-0.1, -0.05) is 184 Å². The van der Waals surface area contributed by atoms with Gasteiger partial charge < -0.3 is 9.02 Å². The molecular weight excluding hydrogens is 661 g/mol. The van der Waals surface area contributed by atoms with E-state index in [1.54, 1.807) is 0 Å². The molecule has 0 aliphatic carbocycles. The fraction of sp³-hybridized carbons (Fsp3) is 0.700. The summed E-state index contributed by atoms with van der Waals surface area (Å²) in [5.74, 6) is 0. The van der Waals surface area contributed by atoms with Crippen molar-refractivity contribution in [3.05, 3.63) is 60.2 Å². The SMILES string of the molecule is CCCCCCCCCCCCOS(=O)(=O)O.CCCCCCCCCCCCc1ccccc1-c1ccccc1.CCOCC.[H-].[H-].[H-].[Na+].[Na+].[Na+]. The Bertz CT molecular complexity index is 1020. The van der Waals surface area contributed by atoms with E-state index < -0.39 is 10.4 Å². The topological polar surface area (TPSA) is 72.8 Å². The van der Waals surface area contributed by atoms with E-state index >= 15 is 0 Å². The molecule has 2 aromatic rings. The molecule has 1 N–H and O–H groups in total. The summed E-state index contributed by atoms with van der Waals surface area (Å²) in [5.41, 5.74) is 4.26. The van der Waals surface area contributed by atoms with E-state index in [1.807, 2.05) is 13.8 Å². The molecule has 49 heavy (non-hydrogen) atoms. The minimum atomic E-state index is -4.23. The molecule has 0 fully saturated rings. The number of ether oxygens (including phenoxy) is 1. The van der Waals surface area contributed by atoms with Gasteiger partial charge in [-0.05, 0) is 49.8 Å². The van der Waals surface area contributed by atoms with Gasteiger partial charge in [0, 0.05) is 13.2 Å². The summed E-state index contributed by atoms with van der Waals surface area (Å²) in [6.45, 7) is 10.3. The third kappa shape index (κ3) is 40.3. The van der Waals surface area contributed by atoms with Gasteiger partial charge in [0.05, 0.1) is 6.61 Å². The minimum Gasteiger partial charge on any atom is -1.00 e. The maximum absolute atomic E-state index is 10.2. The molecule has 0 aliphatic rings. The molecule has 272 valence electrons. The zero-order valence-electron chi connectivity index (χ0n) is 36.2.